The Kier molecular flexibility index (Phi) is 6.32. The van der Waals surface area contributed by atoms with E-state index in [-0.39, 0.29) is 5.96 Å². The Balaban J connectivity index is 0.000000465. The van der Waals surface area contributed by atoms with Crippen LogP contribution in [0.25, 0.3) is 21.2 Å². The van der Waals surface area contributed by atoms with E-state index < -0.39 is 16.0 Å². The van der Waals surface area contributed by atoms with E-state index in [4.69, 9.17) is 16.0 Å². The molecule has 1 heterocycles. The zero-order chi connectivity index (χ0) is 20.2. The van der Waals surface area contributed by atoms with Gasteiger partial charge in [0.2, 0.25) is 0 Å². The predicted octanol–water partition coefficient (Wildman–Crippen LogP) is 2.79. The van der Waals surface area contributed by atoms with Crippen LogP contribution in [0.3, 0.4) is 0 Å². The molecule has 0 fully saturated rings. The van der Waals surface area contributed by atoms with Crippen molar-refractivity contribution in [2.45, 2.75) is 6.92 Å². The van der Waals surface area contributed by atoms with Gasteiger partial charge in [-0.15, -0.1) is 11.3 Å². The Labute approximate surface area is 161 Å². The van der Waals surface area contributed by atoms with Crippen LogP contribution >= 0.6 is 11.3 Å². The third kappa shape index (κ3) is 5.88. The van der Waals surface area contributed by atoms with E-state index in [2.05, 4.69) is 30.1 Å². The standard InChI is InChI=1S/C17H15N3OS.CH4O3S/c1-10-5-2-3-6-11(10)12-7-4-8-14-13(12)9-15(22-14)16(21)20-17(18)19;1-5(2,3)4/h2-9H,1H3,(H4,18,19,20,21);1H3,(H,2,3,4). The Morgan fingerprint density at radius 1 is 1.07 bits per heavy atom. The summed E-state index contributed by atoms with van der Waals surface area (Å²) in [7, 11) is -3.67. The molecule has 0 aliphatic carbocycles. The number of aryl methyl sites for hydroxylation is 1. The highest BCUT2D eigenvalue weighted by molar-refractivity contribution is 7.85. The fourth-order valence-corrected chi connectivity index (χ4v) is 3.42. The molecule has 0 unspecified atom stereocenters. The van der Waals surface area contributed by atoms with Crippen LogP contribution in [-0.4, -0.2) is 31.1 Å². The van der Waals surface area contributed by atoms with E-state index in [0.29, 0.717) is 11.1 Å². The van der Waals surface area contributed by atoms with Crippen molar-refractivity contribution < 1.29 is 17.8 Å². The van der Waals surface area contributed by atoms with Gasteiger partial charge in [0.25, 0.3) is 16.0 Å². The summed E-state index contributed by atoms with van der Waals surface area (Å²) in [6.45, 7) is 2.08. The van der Waals surface area contributed by atoms with Gasteiger partial charge in [0.15, 0.2) is 5.96 Å². The number of carbonyl (C=O) groups excluding carboxylic acids is 1. The van der Waals surface area contributed by atoms with Crippen LogP contribution in [0.15, 0.2) is 53.5 Å². The highest BCUT2D eigenvalue weighted by atomic mass is 32.2. The molecule has 5 N–H and O–H groups in total. The third-order valence-corrected chi connectivity index (χ3v) is 4.53. The van der Waals surface area contributed by atoms with Gasteiger partial charge >= 0.3 is 0 Å². The van der Waals surface area contributed by atoms with Gasteiger partial charge in [0.05, 0.1) is 11.1 Å². The first kappa shape index (κ1) is 20.6. The molecule has 3 rings (SSSR count). The number of hydrogen-bond acceptors (Lipinski definition) is 4. The van der Waals surface area contributed by atoms with Crippen molar-refractivity contribution in [1.29, 1.82) is 0 Å². The van der Waals surface area contributed by atoms with Gasteiger partial charge in [-0.1, -0.05) is 36.4 Å². The molecule has 0 aliphatic heterocycles. The average Bonchev–Trinajstić information content (AvgIpc) is 2.97. The van der Waals surface area contributed by atoms with Crippen LogP contribution in [0.2, 0.25) is 0 Å². The summed E-state index contributed by atoms with van der Waals surface area (Å²) in [5.74, 6) is -0.626. The third-order valence-electron chi connectivity index (χ3n) is 3.44. The van der Waals surface area contributed by atoms with Crippen LogP contribution in [0, 0.1) is 6.92 Å². The molecule has 0 radical (unpaired) electrons. The van der Waals surface area contributed by atoms with Crippen molar-refractivity contribution in [2.24, 2.45) is 16.5 Å². The first-order chi connectivity index (χ1) is 12.6. The monoisotopic (exact) mass is 405 g/mol. The summed E-state index contributed by atoms with van der Waals surface area (Å²) in [5, 5.41) is 1.04. The number of fused-ring (bicyclic) bond motifs is 1. The van der Waals surface area contributed by atoms with Crippen LogP contribution < -0.4 is 11.5 Å². The van der Waals surface area contributed by atoms with E-state index in [1.165, 1.54) is 16.9 Å². The maximum Gasteiger partial charge on any atom is 0.290 e. The molecule has 0 aliphatic rings. The predicted molar refractivity (Wildman–Crippen MR) is 110 cm³/mol. The van der Waals surface area contributed by atoms with E-state index in [0.717, 1.165) is 21.2 Å². The quantitative estimate of drug-likeness (QED) is 0.341. The van der Waals surface area contributed by atoms with Gasteiger partial charge in [-0.2, -0.15) is 13.4 Å². The van der Waals surface area contributed by atoms with Crippen LogP contribution in [0.5, 0.6) is 0 Å². The van der Waals surface area contributed by atoms with Crippen molar-refractivity contribution in [3.63, 3.8) is 0 Å². The number of benzene rings is 2. The topological polar surface area (TPSA) is 136 Å². The molecule has 1 amide bonds. The van der Waals surface area contributed by atoms with Crippen molar-refractivity contribution in [3.05, 3.63) is 59.0 Å². The fourth-order valence-electron chi connectivity index (χ4n) is 2.45. The zero-order valence-electron chi connectivity index (χ0n) is 14.7. The van der Waals surface area contributed by atoms with Crippen molar-refractivity contribution >= 4 is 43.4 Å². The summed E-state index contributed by atoms with van der Waals surface area (Å²) in [6, 6.07) is 16.1. The molecule has 0 bridgehead atoms. The van der Waals surface area contributed by atoms with Gasteiger partial charge < -0.3 is 11.5 Å². The number of guanidine groups is 1. The Morgan fingerprint density at radius 2 is 1.67 bits per heavy atom. The highest BCUT2D eigenvalue weighted by Gasteiger charge is 2.13. The molecule has 2 aromatic carbocycles. The lowest BCUT2D eigenvalue weighted by Gasteiger charge is -2.06. The Morgan fingerprint density at radius 3 is 2.26 bits per heavy atom. The van der Waals surface area contributed by atoms with Gasteiger partial charge in [-0.05, 0) is 35.7 Å². The second kappa shape index (κ2) is 8.30. The first-order valence-electron chi connectivity index (χ1n) is 7.71. The maximum absolute atomic E-state index is 12.0. The molecule has 27 heavy (non-hydrogen) atoms. The first-order valence-corrected chi connectivity index (χ1v) is 10.4. The number of hydrogen-bond donors (Lipinski definition) is 3. The smallest absolute Gasteiger partial charge is 0.290 e. The van der Waals surface area contributed by atoms with Gasteiger partial charge in [0.1, 0.15) is 0 Å². The second-order valence-electron chi connectivity index (χ2n) is 5.72. The molecule has 0 spiro atoms. The van der Waals surface area contributed by atoms with Crippen LogP contribution in [0.4, 0.5) is 0 Å². The van der Waals surface area contributed by atoms with E-state index in [1.807, 2.05) is 30.3 Å². The van der Waals surface area contributed by atoms with Crippen molar-refractivity contribution in [2.75, 3.05) is 6.26 Å². The number of aliphatic imine (C=N–C) groups is 1. The summed E-state index contributed by atoms with van der Waals surface area (Å²) in [5.41, 5.74) is 14.0. The summed E-state index contributed by atoms with van der Waals surface area (Å²) in [6.07, 6.45) is 0.715. The van der Waals surface area contributed by atoms with Crippen LogP contribution in [0.1, 0.15) is 15.2 Å². The number of thiophene rings is 1. The maximum atomic E-state index is 12.0. The van der Waals surface area contributed by atoms with Gasteiger partial charge in [-0.25, -0.2) is 0 Å². The van der Waals surface area contributed by atoms with Crippen molar-refractivity contribution in [1.82, 2.24) is 0 Å². The lowest BCUT2D eigenvalue weighted by molar-refractivity contribution is 0.101. The molecule has 0 atom stereocenters. The molecule has 7 nitrogen and oxygen atoms in total. The van der Waals surface area contributed by atoms with E-state index >= 15 is 0 Å². The van der Waals surface area contributed by atoms with Crippen molar-refractivity contribution in [3.8, 4) is 11.1 Å². The number of amides is 1. The molecular formula is C18H19N3O4S2. The minimum Gasteiger partial charge on any atom is -0.370 e. The molecular weight excluding hydrogens is 386 g/mol. The number of rotatable bonds is 2. The number of carbonyl (C=O) groups is 1. The fraction of sp³-hybridized carbons (Fsp3) is 0.111. The summed E-state index contributed by atoms with van der Waals surface area (Å²) in [4.78, 5) is 16.1. The minimum absolute atomic E-state index is 0.221. The molecule has 0 saturated carbocycles. The average molecular weight is 406 g/mol. The molecule has 9 heteroatoms. The zero-order valence-corrected chi connectivity index (χ0v) is 16.3. The number of nitrogens with two attached hydrogens (primary N) is 2. The largest absolute Gasteiger partial charge is 0.370 e. The summed E-state index contributed by atoms with van der Waals surface area (Å²) >= 11 is 1.39. The lowest BCUT2D eigenvalue weighted by Crippen LogP contribution is -2.24. The SMILES string of the molecule is CS(=O)(=O)O.Cc1ccccc1-c1cccc2sc(C(=O)N=C(N)N)cc12. The van der Waals surface area contributed by atoms with Gasteiger partial charge in [0, 0.05) is 10.1 Å². The molecule has 3 aromatic rings. The minimum atomic E-state index is -3.67. The number of nitrogens with zero attached hydrogens (tertiary/aromatic N) is 1. The normalized spacial score (nSPS) is 10.8. The molecule has 0 saturated heterocycles. The molecule has 142 valence electrons. The van der Waals surface area contributed by atoms with E-state index in [9.17, 15) is 13.2 Å². The van der Waals surface area contributed by atoms with E-state index in [1.54, 1.807) is 0 Å². The lowest BCUT2D eigenvalue weighted by atomic mass is 9.98. The Hall–Kier alpha value is -2.75. The highest BCUT2D eigenvalue weighted by Crippen LogP contribution is 2.35. The second-order valence-corrected chi connectivity index (χ2v) is 8.27. The molecule has 1 aromatic heterocycles. The van der Waals surface area contributed by atoms with Crippen LogP contribution in [-0.2, 0) is 10.1 Å². The van der Waals surface area contributed by atoms with Gasteiger partial charge in [-0.3, -0.25) is 9.35 Å². The summed E-state index contributed by atoms with van der Waals surface area (Å²) < 4.78 is 26.9. The Bertz CT molecular complexity index is 1110.